The van der Waals surface area contributed by atoms with E-state index in [0.29, 0.717) is 0 Å². The summed E-state index contributed by atoms with van der Waals surface area (Å²) in [7, 11) is 0. The summed E-state index contributed by atoms with van der Waals surface area (Å²) in [5.41, 5.74) is 4.54. The van der Waals surface area contributed by atoms with Gasteiger partial charge in [-0.25, -0.2) is 0 Å². The summed E-state index contributed by atoms with van der Waals surface area (Å²) in [6.07, 6.45) is 7.24. The zero-order valence-corrected chi connectivity index (χ0v) is 12.5. The van der Waals surface area contributed by atoms with Crippen LogP contribution in [0.25, 0.3) is 0 Å². The average molecular weight is 258 g/mol. The SMILES string of the molecule is Cc1cc(C)c(C2(O)CCCC(C3CC3)C2)cc1C. The Hall–Kier alpha value is -0.820. The number of rotatable bonds is 2. The molecule has 2 aliphatic rings. The molecule has 1 N–H and O–H groups in total. The predicted molar refractivity (Wildman–Crippen MR) is 79.2 cm³/mol. The lowest BCUT2D eigenvalue weighted by Gasteiger charge is -2.38. The zero-order chi connectivity index (χ0) is 13.6. The highest BCUT2D eigenvalue weighted by Crippen LogP contribution is 2.50. The summed E-state index contributed by atoms with van der Waals surface area (Å²) in [5.74, 6) is 1.68. The summed E-state index contributed by atoms with van der Waals surface area (Å²) in [6, 6.07) is 4.48. The highest BCUT2D eigenvalue weighted by atomic mass is 16.3. The first kappa shape index (κ1) is 13.2. The number of aryl methyl sites for hydroxylation is 3. The van der Waals surface area contributed by atoms with Gasteiger partial charge in [0.1, 0.15) is 0 Å². The summed E-state index contributed by atoms with van der Waals surface area (Å²) in [6.45, 7) is 6.47. The van der Waals surface area contributed by atoms with Crippen LogP contribution in [0.15, 0.2) is 12.1 Å². The minimum Gasteiger partial charge on any atom is -0.385 e. The molecule has 2 fully saturated rings. The molecule has 2 unspecified atom stereocenters. The van der Waals surface area contributed by atoms with E-state index in [-0.39, 0.29) is 0 Å². The van der Waals surface area contributed by atoms with Gasteiger partial charge < -0.3 is 5.11 Å². The molecule has 2 saturated carbocycles. The maximum absolute atomic E-state index is 11.2. The smallest absolute Gasteiger partial charge is 0.0902 e. The van der Waals surface area contributed by atoms with Crippen LogP contribution < -0.4 is 0 Å². The van der Waals surface area contributed by atoms with Gasteiger partial charge in [-0.15, -0.1) is 0 Å². The lowest BCUT2D eigenvalue weighted by atomic mass is 9.71. The van der Waals surface area contributed by atoms with Gasteiger partial charge in [0.25, 0.3) is 0 Å². The first-order valence-corrected chi connectivity index (χ1v) is 7.80. The third-order valence-corrected chi connectivity index (χ3v) is 5.40. The summed E-state index contributed by atoms with van der Waals surface area (Å²) in [4.78, 5) is 0. The van der Waals surface area contributed by atoms with E-state index >= 15 is 0 Å². The molecule has 0 bridgehead atoms. The maximum Gasteiger partial charge on any atom is 0.0902 e. The zero-order valence-electron chi connectivity index (χ0n) is 12.5. The van der Waals surface area contributed by atoms with Crippen LogP contribution in [0, 0.1) is 32.6 Å². The molecule has 1 aromatic rings. The van der Waals surface area contributed by atoms with E-state index in [2.05, 4.69) is 32.9 Å². The van der Waals surface area contributed by atoms with Gasteiger partial charge in [0, 0.05) is 0 Å². The normalized spacial score (nSPS) is 31.5. The molecule has 104 valence electrons. The molecule has 2 aliphatic carbocycles. The van der Waals surface area contributed by atoms with Crippen LogP contribution >= 0.6 is 0 Å². The van der Waals surface area contributed by atoms with Crippen molar-refractivity contribution < 1.29 is 5.11 Å². The lowest BCUT2D eigenvalue weighted by molar-refractivity contribution is -0.0256. The molecule has 0 aromatic heterocycles. The maximum atomic E-state index is 11.2. The van der Waals surface area contributed by atoms with Crippen molar-refractivity contribution in [3.05, 3.63) is 34.4 Å². The van der Waals surface area contributed by atoms with Crippen LogP contribution in [0.3, 0.4) is 0 Å². The summed E-state index contributed by atoms with van der Waals surface area (Å²) in [5, 5.41) is 11.2. The van der Waals surface area contributed by atoms with Gasteiger partial charge in [-0.3, -0.25) is 0 Å². The first-order valence-electron chi connectivity index (χ1n) is 7.80. The van der Waals surface area contributed by atoms with Crippen molar-refractivity contribution in [2.45, 2.75) is 64.9 Å². The second-order valence-corrected chi connectivity index (χ2v) is 6.98. The van der Waals surface area contributed by atoms with Crippen molar-refractivity contribution in [1.29, 1.82) is 0 Å². The van der Waals surface area contributed by atoms with Gasteiger partial charge in [0.2, 0.25) is 0 Å². The molecule has 2 atom stereocenters. The number of hydrogen-bond acceptors (Lipinski definition) is 1. The summed E-state index contributed by atoms with van der Waals surface area (Å²) >= 11 is 0. The fraction of sp³-hybridized carbons (Fsp3) is 0.667. The molecule has 1 nitrogen and oxygen atoms in total. The van der Waals surface area contributed by atoms with E-state index in [1.165, 1.54) is 47.9 Å². The van der Waals surface area contributed by atoms with E-state index in [9.17, 15) is 5.11 Å². The fourth-order valence-corrected chi connectivity index (χ4v) is 3.97. The highest BCUT2D eigenvalue weighted by molar-refractivity contribution is 5.40. The van der Waals surface area contributed by atoms with Crippen LogP contribution in [-0.4, -0.2) is 5.11 Å². The van der Waals surface area contributed by atoms with Gasteiger partial charge in [-0.05, 0) is 93.4 Å². The second kappa shape index (κ2) is 4.63. The Bertz CT molecular complexity index is 487. The Labute approximate surface area is 117 Å². The van der Waals surface area contributed by atoms with Crippen molar-refractivity contribution in [2.24, 2.45) is 11.8 Å². The van der Waals surface area contributed by atoms with E-state index in [1.54, 1.807) is 0 Å². The van der Waals surface area contributed by atoms with Gasteiger partial charge >= 0.3 is 0 Å². The fourth-order valence-electron chi connectivity index (χ4n) is 3.97. The van der Waals surface area contributed by atoms with E-state index in [4.69, 9.17) is 0 Å². The lowest BCUT2D eigenvalue weighted by Crippen LogP contribution is -2.34. The van der Waals surface area contributed by atoms with Crippen LogP contribution in [0.1, 0.15) is 60.8 Å². The van der Waals surface area contributed by atoms with Crippen LogP contribution in [0.2, 0.25) is 0 Å². The first-order chi connectivity index (χ1) is 8.99. The van der Waals surface area contributed by atoms with Crippen LogP contribution in [0.4, 0.5) is 0 Å². The Morgan fingerprint density at radius 1 is 0.947 bits per heavy atom. The number of aliphatic hydroxyl groups is 1. The number of benzene rings is 1. The Morgan fingerprint density at radius 2 is 1.63 bits per heavy atom. The van der Waals surface area contributed by atoms with Gasteiger partial charge in [-0.2, -0.15) is 0 Å². The molecule has 0 spiro atoms. The Morgan fingerprint density at radius 3 is 2.32 bits per heavy atom. The predicted octanol–water partition coefficient (Wildman–Crippen LogP) is 4.40. The Kier molecular flexibility index (Phi) is 3.21. The minimum atomic E-state index is -0.561. The van der Waals surface area contributed by atoms with Crippen molar-refractivity contribution >= 4 is 0 Å². The number of hydrogen-bond donors (Lipinski definition) is 1. The average Bonchev–Trinajstić information content (AvgIpc) is 3.18. The van der Waals surface area contributed by atoms with Gasteiger partial charge in [0.15, 0.2) is 0 Å². The van der Waals surface area contributed by atoms with Crippen molar-refractivity contribution in [3.8, 4) is 0 Å². The van der Waals surface area contributed by atoms with Crippen LogP contribution in [0.5, 0.6) is 0 Å². The molecule has 0 saturated heterocycles. The monoisotopic (exact) mass is 258 g/mol. The molecule has 0 aliphatic heterocycles. The third kappa shape index (κ3) is 2.45. The van der Waals surface area contributed by atoms with E-state index < -0.39 is 5.60 Å². The van der Waals surface area contributed by atoms with Gasteiger partial charge in [0.05, 0.1) is 5.60 Å². The van der Waals surface area contributed by atoms with E-state index in [0.717, 1.165) is 24.7 Å². The molecular weight excluding hydrogens is 232 g/mol. The third-order valence-electron chi connectivity index (χ3n) is 5.40. The van der Waals surface area contributed by atoms with Crippen molar-refractivity contribution in [3.63, 3.8) is 0 Å². The molecule has 19 heavy (non-hydrogen) atoms. The van der Waals surface area contributed by atoms with Crippen LogP contribution in [-0.2, 0) is 5.60 Å². The Balaban J connectivity index is 1.92. The standard InChI is InChI=1S/C18H26O/c1-12-9-14(3)17(10-13(12)2)18(19)8-4-5-16(11-18)15-6-7-15/h9-10,15-16,19H,4-8,11H2,1-3H3. The minimum absolute atomic E-state index is 0.561. The van der Waals surface area contributed by atoms with E-state index in [1.807, 2.05) is 0 Å². The quantitative estimate of drug-likeness (QED) is 0.833. The molecule has 0 heterocycles. The molecule has 1 aromatic carbocycles. The molecule has 1 heteroatoms. The highest BCUT2D eigenvalue weighted by Gasteiger charge is 2.42. The van der Waals surface area contributed by atoms with Crippen molar-refractivity contribution in [2.75, 3.05) is 0 Å². The topological polar surface area (TPSA) is 20.2 Å². The van der Waals surface area contributed by atoms with Crippen molar-refractivity contribution in [1.82, 2.24) is 0 Å². The molecular formula is C18H26O. The second-order valence-electron chi connectivity index (χ2n) is 6.98. The van der Waals surface area contributed by atoms with Gasteiger partial charge in [-0.1, -0.05) is 12.1 Å². The molecule has 0 amide bonds. The molecule has 0 radical (unpaired) electrons. The largest absolute Gasteiger partial charge is 0.385 e. The molecule has 3 rings (SSSR count). The summed E-state index contributed by atoms with van der Waals surface area (Å²) < 4.78 is 0.